The van der Waals surface area contributed by atoms with Crippen molar-refractivity contribution in [2.75, 3.05) is 0 Å². The number of nitrogens with zero attached hydrogens (tertiary/aromatic N) is 4. The highest BCUT2D eigenvalue weighted by molar-refractivity contribution is 6.29. The maximum absolute atomic E-state index is 6.12. The number of rotatable bonds is 2. The van der Waals surface area contributed by atoms with Gasteiger partial charge in [0.1, 0.15) is 5.15 Å². The molecule has 5 heteroatoms. The van der Waals surface area contributed by atoms with E-state index in [-0.39, 0.29) is 0 Å². The molecule has 0 radical (unpaired) electrons. The van der Waals surface area contributed by atoms with Gasteiger partial charge in [0.2, 0.25) is 0 Å². The Morgan fingerprint density at radius 1 is 1.31 bits per heavy atom. The second kappa shape index (κ2) is 3.56. The maximum atomic E-state index is 6.12. The lowest BCUT2D eigenvalue weighted by Gasteiger charge is -2.00. The number of aromatic nitrogens is 4. The molecular formula is C11H11ClN4. The summed E-state index contributed by atoms with van der Waals surface area (Å²) in [6.45, 7) is 1.90. The van der Waals surface area contributed by atoms with Crippen LogP contribution in [0.1, 0.15) is 30.1 Å². The second-order valence-electron chi connectivity index (χ2n) is 4.11. The number of aryl methyl sites for hydroxylation is 1. The molecule has 2 aromatic rings. The van der Waals surface area contributed by atoms with E-state index in [1.807, 2.05) is 25.1 Å². The van der Waals surface area contributed by atoms with Crippen LogP contribution >= 0.6 is 11.6 Å². The average Bonchev–Trinajstić information content (AvgIpc) is 3.04. The zero-order valence-corrected chi connectivity index (χ0v) is 9.65. The Morgan fingerprint density at radius 3 is 2.75 bits per heavy atom. The summed E-state index contributed by atoms with van der Waals surface area (Å²) >= 11 is 6.12. The van der Waals surface area contributed by atoms with Crippen LogP contribution in [-0.4, -0.2) is 20.0 Å². The highest BCUT2D eigenvalue weighted by Crippen LogP contribution is 2.40. The van der Waals surface area contributed by atoms with Crippen LogP contribution in [0.3, 0.4) is 0 Å². The van der Waals surface area contributed by atoms with Gasteiger partial charge < -0.3 is 0 Å². The fraction of sp³-hybridized carbons (Fsp3) is 0.364. The Kier molecular flexibility index (Phi) is 2.17. The van der Waals surface area contributed by atoms with Gasteiger partial charge in [0.15, 0.2) is 5.82 Å². The lowest BCUT2D eigenvalue weighted by atomic mass is 10.3. The molecule has 16 heavy (non-hydrogen) atoms. The molecule has 82 valence electrons. The first-order valence-corrected chi connectivity index (χ1v) is 5.68. The van der Waals surface area contributed by atoms with E-state index in [4.69, 9.17) is 11.6 Å². The predicted molar refractivity (Wildman–Crippen MR) is 60.9 cm³/mol. The van der Waals surface area contributed by atoms with Crippen LogP contribution in [0.15, 0.2) is 18.2 Å². The summed E-state index contributed by atoms with van der Waals surface area (Å²) in [5, 5.41) is 13.1. The van der Waals surface area contributed by atoms with Crippen LogP contribution < -0.4 is 0 Å². The maximum Gasteiger partial charge on any atom is 0.177 e. The molecule has 2 aromatic heterocycles. The Hall–Kier alpha value is -1.42. The third-order valence-corrected chi connectivity index (χ3v) is 2.95. The average molecular weight is 235 g/mol. The van der Waals surface area contributed by atoms with E-state index in [0.717, 1.165) is 11.4 Å². The van der Waals surface area contributed by atoms with Gasteiger partial charge in [0.25, 0.3) is 0 Å². The summed E-state index contributed by atoms with van der Waals surface area (Å²) in [6, 6.07) is 5.69. The summed E-state index contributed by atoms with van der Waals surface area (Å²) in [7, 11) is 0. The Morgan fingerprint density at radius 2 is 2.12 bits per heavy atom. The van der Waals surface area contributed by atoms with Gasteiger partial charge in [-0.3, -0.25) is 0 Å². The fourth-order valence-electron chi connectivity index (χ4n) is 1.62. The molecule has 0 unspecified atom stereocenters. The zero-order chi connectivity index (χ0) is 11.1. The van der Waals surface area contributed by atoms with E-state index in [1.54, 1.807) is 4.68 Å². The van der Waals surface area contributed by atoms with Crippen molar-refractivity contribution in [3.8, 4) is 5.82 Å². The van der Waals surface area contributed by atoms with Crippen LogP contribution in [0, 0.1) is 6.92 Å². The summed E-state index contributed by atoms with van der Waals surface area (Å²) in [5.41, 5.74) is 1.95. The number of hydrogen-bond acceptors (Lipinski definition) is 3. The van der Waals surface area contributed by atoms with Gasteiger partial charge >= 0.3 is 0 Å². The molecule has 0 spiro atoms. The predicted octanol–water partition coefficient (Wildman–Crippen LogP) is 2.50. The van der Waals surface area contributed by atoms with E-state index in [2.05, 4.69) is 15.3 Å². The van der Waals surface area contributed by atoms with Crippen molar-refractivity contribution >= 4 is 11.6 Å². The number of halogens is 1. The SMILES string of the molecule is Cc1ccc(-n2nc(C3CC3)cc2Cl)nn1. The molecule has 0 aromatic carbocycles. The standard InChI is InChI=1S/C11H11ClN4/c1-7-2-5-11(14-13-7)16-10(12)6-9(15-16)8-3-4-8/h2,5-6,8H,3-4H2,1H3. The Bertz CT molecular complexity index is 513. The molecule has 1 aliphatic rings. The van der Waals surface area contributed by atoms with Gasteiger partial charge in [-0.1, -0.05) is 11.6 Å². The molecule has 3 rings (SSSR count). The van der Waals surface area contributed by atoms with Crippen molar-refractivity contribution in [1.29, 1.82) is 0 Å². The zero-order valence-electron chi connectivity index (χ0n) is 8.89. The lowest BCUT2D eigenvalue weighted by Crippen LogP contribution is -2.02. The first-order chi connectivity index (χ1) is 7.74. The third-order valence-electron chi connectivity index (χ3n) is 2.68. The van der Waals surface area contributed by atoms with Crippen LogP contribution in [0.25, 0.3) is 5.82 Å². The third kappa shape index (κ3) is 1.69. The number of hydrogen-bond donors (Lipinski definition) is 0. The van der Waals surface area contributed by atoms with Crippen molar-refractivity contribution < 1.29 is 0 Å². The van der Waals surface area contributed by atoms with Crippen LogP contribution in [0.2, 0.25) is 5.15 Å². The Balaban J connectivity index is 2.01. The molecule has 0 atom stereocenters. The molecule has 4 nitrogen and oxygen atoms in total. The smallest absolute Gasteiger partial charge is 0.177 e. The topological polar surface area (TPSA) is 43.6 Å². The highest BCUT2D eigenvalue weighted by atomic mass is 35.5. The van der Waals surface area contributed by atoms with E-state index in [0.29, 0.717) is 16.9 Å². The summed E-state index contributed by atoms with van der Waals surface area (Å²) < 4.78 is 1.64. The van der Waals surface area contributed by atoms with E-state index in [1.165, 1.54) is 12.8 Å². The minimum Gasteiger partial charge on any atom is -0.202 e. The molecule has 0 bridgehead atoms. The first kappa shape index (κ1) is 9.78. The Labute approximate surface area is 98.3 Å². The van der Waals surface area contributed by atoms with Crippen molar-refractivity contribution in [3.63, 3.8) is 0 Å². The van der Waals surface area contributed by atoms with Crippen molar-refractivity contribution in [1.82, 2.24) is 20.0 Å². The minimum atomic E-state index is 0.595. The van der Waals surface area contributed by atoms with Crippen LogP contribution in [-0.2, 0) is 0 Å². The molecule has 0 saturated heterocycles. The van der Waals surface area contributed by atoms with Gasteiger partial charge in [-0.2, -0.15) is 10.2 Å². The van der Waals surface area contributed by atoms with E-state index in [9.17, 15) is 0 Å². The van der Waals surface area contributed by atoms with Gasteiger partial charge in [-0.05, 0) is 38.0 Å². The van der Waals surface area contributed by atoms with Crippen molar-refractivity contribution in [2.45, 2.75) is 25.7 Å². The first-order valence-electron chi connectivity index (χ1n) is 5.30. The highest BCUT2D eigenvalue weighted by Gasteiger charge is 2.27. The molecule has 0 aliphatic heterocycles. The van der Waals surface area contributed by atoms with E-state index < -0.39 is 0 Å². The van der Waals surface area contributed by atoms with Gasteiger partial charge in [0.05, 0.1) is 11.4 Å². The molecule has 0 amide bonds. The monoisotopic (exact) mass is 234 g/mol. The minimum absolute atomic E-state index is 0.595. The molecule has 0 N–H and O–H groups in total. The van der Waals surface area contributed by atoms with Crippen molar-refractivity contribution in [2.24, 2.45) is 0 Å². The normalized spacial score (nSPS) is 15.4. The second-order valence-corrected chi connectivity index (χ2v) is 4.50. The largest absolute Gasteiger partial charge is 0.202 e. The van der Waals surface area contributed by atoms with Gasteiger partial charge in [-0.25, -0.2) is 4.68 Å². The summed E-state index contributed by atoms with van der Waals surface area (Å²) in [6.07, 6.45) is 2.43. The lowest BCUT2D eigenvalue weighted by molar-refractivity contribution is 0.784. The van der Waals surface area contributed by atoms with Crippen molar-refractivity contribution in [3.05, 3.63) is 34.7 Å². The van der Waals surface area contributed by atoms with Gasteiger partial charge in [-0.15, -0.1) is 5.10 Å². The summed E-state index contributed by atoms with van der Waals surface area (Å²) in [4.78, 5) is 0. The molecule has 1 saturated carbocycles. The molecule has 2 heterocycles. The molecular weight excluding hydrogens is 224 g/mol. The quantitative estimate of drug-likeness (QED) is 0.802. The van der Waals surface area contributed by atoms with E-state index >= 15 is 0 Å². The summed E-state index contributed by atoms with van der Waals surface area (Å²) in [5.74, 6) is 1.26. The van der Waals surface area contributed by atoms with Crippen LogP contribution in [0.5, 0.6) is 0 Å². The fourth-order valence-corrected chi connectivity index (χ4v) is 1.86. The molecule has 1 fully saturated rings. The van der Waals surface area contributed by atoms with Gasteiger partial charge in [0, 0.05) is 5.92 Å². The van der Waals surface area contributed by atoms with Crippen LogP contribution in [0.4, 0.5) is 0 Å². The molecule has 1 aliphatic carbocycles.